The molecule has 2 unspecified atom stereocenters. The molecule has 1 fully saturated rings. The fourth-order valence-electron chi connectivity index (χ4n) is 2.89. The van der Waals surface area contributed by atoms with E-state index in [0.717, 1.165) is 23.2 Å². The Bertz CT molecular complexity index is 390. The minimum Gasteiger partial charge on any atom is -0.366 e. The van der Waals surface area contributed by atoms with Crippen molar-refractivity contribution in [2.75, 3.05) is 4.90 Å². The monoisotopic (exact) mass is 235 g/mol. The number of rotatable bonds is 2. The maximum absolute atomic E-state index is 13.8. The lowest BCUT2D eigenvalue weighted by Crippen LogP contribution is -2.34. The number of hydrogen-bond donors (Lipinski definition) is 0. The normalized spacial score (nSPS) is 24.4. The summed E-state index contributed by atoms with van der Waals surface area (Å²) in [6, 6.07) is 4.93. The van der Waals surface area contributed by atoms with Gasteiger partial charge in [-0.05, 0) is 63.3 Å². The zero-order valence-electron chi connectivity index (χ0n) is 11.3. The van der Waals surface area contributed by atoms with E-state index in [1.165, 1.54) is 12.8 Å². The van der Waals surface area contributed by atoms with Crippen molar-refractivity contribution in [3.63, 3.8) is 0 Å². The van der Waals surface area contributed by atoms with Gasteiger partial charge in [0.15, 0.2) is 0 Å². The Hall–Kier alpha value is -1.05. The molecule has 1 aliphatic rings. The Morgan fingerprint density at radius 2 is 2.00 bits per heavy atom. The lowest BCUT2D eigenvalue weighted by atomic mass is 10.1. The van der Waals surface area contributed by atoms with Crippen LogP contribution in [0.25, 0.3) is 0 Å². The van der Waals surface area contributed by atoms with E-state index < -0.39 is 0 Å². The SMILES string of the molecule is CCC1CCC(C)N1c1cc(C)c(C)c(F)c1. The predicted molar refractivity (Wildman–Crippen MR) is 71.1 cm³/mol. The minimum absolute atomic E-state index is 0.0750. The second kappa shape index (κ2) is 4.67. The van der Waals surface area contributed by atoms with Gasteiger partial charge in [0.1, 0.15) is 5.82 Å². The molecule has 0 saturated carbocycles. The van der Waals surface area contributed by atoms with Crippen molar-refractivity contribution in [1.82, 2.24) is 0 Å². The van der Waals surface area contributed by atoms with Crippen molar-refractivity contribution >= 4 is 5.69 Å². The van der Waals surface area contributed by atoms with Gasteiger partial charge in [-0.2, -0.15) is 0 Å². The maximum Gasteiger partial charge on any atom is 0.128 e. The van der Waals surface area contributed by atoms with Gasteiger partial charge in [0.05, 0.1) is 0 Å². The summed E-state index contributed by atoms with van der Waals surface area (Å²) in [5, 5.41) is 0. The highest BCUT2D eigenvalue weighted by atomic mass is 19.1. The van der Waals surface area contributed by atoms with E-state index in [9.17, 15) is 4.39 Å². The minimum atomic E-state index is -0.0750. The second-order valence-corrected chi connectivity index (χ2v) is 5.27. The van der Waals surface area contributed by atoms with Crippen LogP contribution in [0, 0.1) is 19.7 Å². The van der Waals surface area contributed by atoms with Crippen molar-refractivity contribution in [2.45, 2.75) is 59.0 Å². The van der Waals surface area contributed by atoms with E-state index in [1.54, 1.807) is 6.07 Å². The molecule has 94 valence electrons. The number of aryl methyl sites for hydroxylation is 1. The van der Waals surface area contributed by atoms with Gasteiger partial charge in [-0.15, -0.1) is 0 Å². The van der Waals surface area contributed by atoms with Gasteiger partial charge in [-0.25, -0.2) is 4.39 Å². The van der Waals surface area contributed by atoms with Gasteiger partial charge >= 0.3 is 0 Å². The fraction of sp³-hybridized carbons (Fsp3) is 0.600. The molecule has 2 atom stereocenters. The summed E-state index contributed by atoms with van der Waals surface area (Å²) in [6.07, 6.45) is 3.58. The van der Waals surface area contributed by atoms with Crippen molar-refractivity contribution < 1.29 is 4.39 Å². The average molecular weight is 235 g/mol. The number of hydrogen-bond acceptors (Lipinski definition) is 1. The third-order valence-electron chi connectivity index (χ3n) is 4.14. The molecule has 0 N–H and O–H groups in total. The van der Waals surface area contributed by atoms with Crippen LogP contribution in [0.4, 0.5) is 10.1 Å². The van der Waals surface area contributed by atoms with Crippen LogP contribution in [0.5, 0.6) is 0 Å². The molecule has 1 aromatic rings. The maximum atomic E-state index is 13.8. The molecule has 1 nitrogen and oxygen atoms in total. The molecule has 1 heterocycles. The first-order chi connectivity index (χ1) is 8.04. The lowest BCUT2D eigenvalue weighted by molar-refractivity contribution is 0.603. The highest BCUT2D eigenvalue weighted by Crippen LogP contribution is 2.33. The average Bonchev–Trinajstić information content (AvgIpc) is 2.66. The molecule has 2 rings (SSSR count). The van der Waals surface area contributed by atoms with Crippen LogP contribution >= 0.6 is 0 Å². The number of nitrogens with zero attached hydrogens (tertiary/aromatic N) is 1. The Morgan fingerprint density at radius 3 is 2.59 bits per heavy atom. The Morgan fingerprint density at radius 1 is 1.29 bits per heavy atom. The summed E-state index contributed by atoms with van der Waals surface area (Å²) in [4.78, 5) is 2.40. The van der Waals surface area contributed by atoms with Gasteiger partial charge in [-0.3, -0.25) is 0 Å². The topological polar surface area (TPSA) is 3.24 Å². The van der Waals surface area contributed by atoms with E-state index in [-0.39, 0.29) is 5.82 Å². The Labute approximate surface area is 104 Å². The molecule has 2 heteroatoms. The smallest absolute Gasteiger partial charge is 0.128 e. The molecule has 1 aromatic carbocycles. The van der Waals surface area contributed by atoms with Gasteiger partial charge in [-0.1, -0.05) is 6.92 Å². The highest BCUT2D eigenvalue weighted by molar-refractivity contribution is 5.53. The summed E-state index contributed by atoms with van der Waals surface area (Å²) in [5.74, 6) is -0.0750. The largest absolute Gasteiger partial charge is 0.366 e. The van der Waals surface area contributed by atoms with E-state index in [2.05, 4.69) is 24.8 Å². The van der Waals surface area contributed by atoms with Crippen LogP contribution in [0.2, 0.25) is 0 Å². The summed E-state index contributed by atoms with van der Waals surface area (Å²) < 4.78 is 13.8. The van der Waals surface area contributed by atoms with Gasteiger partial charge in [0.2, 0.25) is 0 Å². The third kappa shape index (κ3) is 2.18. The summed E-state index contributed by atoms with van der Waals surface area (Å²) in [5.41, 5.74) is 2.88. The molecular weight excluding hydrogens is 213 g/mol. The number of halogens is 1. The summed E-state index contributed by atoms with van der Waals surface area (Å²) in [6.45, 7) is 8.29. The van der Waals surface area contributed by atoms with E-state index in [4.69, 9.17) is 0 Å². The number of anilines is 1. The van der Waals surface area contributed by atoms with Crippen molar-refractivity contribution in [3.05, 3.63) is 29.1 Å². The molecule has 0 radical (unpaired) electrons. The second-order valence-electron chi connectivity index (χ2n) is 5.27. The van der Waals surface area contributed by atoms with Crippen LogP contribution in [-0.4, -0.2) is 12.1 Å². The Balaban J connectivity index is 2.39. The quantitative estimate of drug-likeness (QED) is 0.742. The van der Waals surface area contributed by atoms with Gasteiger partial charge < -0.3 is 4.90 Å². The van der Waals surface area contributed by atoms with Crippen LogP contribution < -0.4 is 4.90 Å². The van der Waals surface area contributed by atoms with E-state index >= 15 is 0 Å². The van der Waals surface area contributed by atoms with Crippen LogP contribution in [0.15, 0.2) is 12.1 Å². The molecular formula is C15H22FN. The molecule has 0 aliphatic carbocycles. The third-order valence-corrected chi connectivity index (χ3v) is 4.14. The molecule has 0 amide bonds. The van der Waals surface area contributed by atoms with Crippen LogP contribution in [-0.2, 0) is 0 Å². The summed E-state index contributed by atoms with van der Waals surface area (Å²) in [7, 11) is 0. The van der Waals surface area contributed by atoms with Crippen molar-refractivity contribution in [3.8, 4) is 0 Å². The van der Waals surface area contributed by atoms with Crippen molar-refractivity contribution in [1.29, 1.82) is 0 Å². The van der Waals surface area contributed by atoms with E-state index in [0.29, 0.717) is 12.1 Å². The Kier molecular flexibility index (Phi) is 3.41. The van der Waals surface area contributed by atoms with Crippen molar-refractivity contribution in [2.24, 2.45) is 0 Å². The predicted octanol–water partition coefficient (Wildman–Crippen LogP) is 4.21. The summed E-state index contributed by atoms with van der Waals surface area (Å²) >= 11 is 0. The zero-order chi connectivity index (χ0) is 12.6. The molecule has 17 heavy (non-hydrogen) atoms. The van der Waals surface area contributed by atoms with Crippen LogP contribution in [0.3, 0.4) is 0 Å². The van der Waals surface area contributed by atoms with Gasteiger partial charge in [0.25, 0.3) is 0 Å². The fourth-order valence-corrected chi connectivity index (χ4v) is 2.89. The molecule has 1 saturated heterocycles. The first-order valence-electron chi connectivity index (χ1n) is 6.59. The number of benzene rings is 1. The van der Waals surface area contributed by atoms with E-state index in [1.807, 2.05) is 13.8 Å². The van der Waals surface area contributed by atoms with Crippen LogP contribution in [0.1, 0.15) is 44.2 Å². The zero-order valence-corrected chi connectivity index (χ0v) is 11.3. The highest BCUT2D eigenvalue weighted by Gasteiger charge is 2.29. The molecule has 0 bridgehead atoms. The first kappa shape index (κ1) is 12.4. The molecule has 1 aliphatic heterocycles. The first-order valence-corrected chi connectivity index (χ1v) is 6.59. The standard InChI is InChI=1S/C15H22FN/c1-5-13-7-6-11(3)17(13)14-8-10(2)12(4)15(16)9-14/h8-9,11,13H,5-7H2,1-4H3. The molecule has 0 aromatic heterocycles. The lowest BCUT2D eigenvalue weighted by Gasteiger charge is -2.31. The van der Waals surface area contributed by atoms with Gasteiger partial charge in [0, 0.05) is 17.8 Å². The molecule has 0 spiro atoms.